The van der Waals surface area contributed by atoms with Crippen molar-refractivity contribution in [3.05, 3.63) is 81.8 Å². The summed E-state index contributed by atoms with van der Waals surface area (Å²) in [6.07, 6.45) is 3.02. The van der Waals surface area contributed by atoms with Crippen LogP contribution in [-0.4, -0.2) is 83.3 Å². The Bertz CT molecular complexity index is 821. The third-order valence-electron chi connectivity index (χ3n) is 3.23. The van der Waals surface area contributed by atoms with Gasteiger partial charge in [-0.3, -0.25) is 4.91 Å². The van der Waals surface area contributed by atoms with Crippen LogP contribution in [0.25, 0.3) is 26.4 Å². The molecule has 0 saturated heterocycles. The molecule has 14 nitrogen and oxygen atoms in total. The van der Waals surface area contributed by atoms with Crippen molar-refractivity contribution in [2.45, 2.75) is 223 Å². The van der Waals surface area contributed by atoms with Crippen LogP contribution in [0.5, 0.6) is 0 Å². The molecule has 0 aliphatic rings. The Kier molecular flexibility index (Phi) is 557. The molecule has 0 saturated carbocycles. The summed E-state index contributed by atoms with van der Waals surface area (Å²) in [4.78, 5) is 6.40. The Balaban J connectivity index is -0.00000000879. The number of hydrogen-bond acceptors (Lipinski definition) is 9. The first-order valence-electron chi connectivity index (χ1n) is 16.0. The van der Waals surface area contributed by atoms with Crippen LogP contribution in [0.15, 0.2) is 5.11 Å². The molecular weight excluding hydrogens is 1820 g/mol. The zero-order valence-electron chi connectivity index (χ0n) is 36.3. The molecule has 22 heteroatoms. The Labute approximate surface area is 554 Å². The predicted molar refractivity (Wildman–Crippen MR) is 305 cm³/mol. The van der Waals surface area contributed by atoms with Crippen LogP contribution in [0, 0.1) is 180 Å². The summed E-state index contributed by atoms with van der Waals surface area (Å²) < 4.78 is 43.8. The van der Waals surface area contributed by atoms with E-state index in [9.17, 15) is 16.8 Å². The molecule has 0 aromatic carbocycles. The molecule has 4 unspecified atom stereocenters. The minimum absolute atomic E-state index is 0. The maximum atomic E-state index is 10.3. The molecule has 0 aliphatic heterocycles. The van der Waals surface area contributed by atoms with E-state index in [1.807, 2.05) is 55.4 Å². The van der Waals surface area contributed by atoms with E-state index in [0.717, 1.165) is 18.9 Å². The third-order valence-corrected chi connectivity index (χ3v) is 3.85. The Morgan fingerprint density at radius 1 is 0.597 bits per heavy atom. The molecule has 0 rings (SSSR count). The maximum Gasteiger partial charge on any atom is 2.00 e. The van der Waals surface area contributed by atoms with Crippen LogP contribution in [0.4, 0.5) is 0 Å². The number of halogens is 1. The van der Waals surface area contributed by atoms with Gasteiger partial charge in [-0.2, -0.15) is 33.7 Å². The zero-order valence-corrected chi connectivity index (χ0v) is 57.4. The second kappa shape index (κ2) is 189. The molecule has 0 radical (unpaired) electrons. The number of nitrogens with zero attached hydrogens (tertiary/aromatic N) is 7. The van der Waals surface area contributed by atoms with E-state index in [1.54, 1.807) is 0 Å². The molecule has 0 aromatic rings. The summed E-state index contributed by atoms with van der Waals surface area (Å²) in [6.45, 7) is 53.5. The number of hydrogen-bond donors (Lipinski definition) is 2. The van der Waals surface area contributed by atoms with Crippen molar-refractivity contribution >= 4 is 29.9 Å². The van der Waals surface area contributed by atoms with Crippen molar-refractivity contribution in [3.63, 3.8) is 0 Å². The summed E-state index contributed by atoms with van der Waals surface area (Å²) in [5, 5.41) is 11.4. The fourth-order valence-corrected chi connectivity index (χ4v) is 1.69. The van der Waals surface area contributed by atoms with Gasteiger partial charge in [0, 0.05) is 10.7 Å². The number of aliphatic hydroxyl groups is 1. The van der Waals surface area contributed by atoms with E-state index in [2.05, 4.69) is 106 Å². The van der Waals surface area contributed by atoms with Gasteiger partial charge in [0.25, 0.3) is 10.1 Å². The van der Waals surface area contributed by atoms with E-state index in [4.69, 9.17) is 27.4 Å². The summed E-state index contributed by atoms with van der Waals surface area (Å²) in [5.41, 5.74) is 26.4. The monoisotopic (exact) mass is 1950 g/mol. The molecule has 4 atom stereocenters. The molecule has 420 valence electrons. The topological polar surface area (TPSA) is 234 Å². The molecule has 0 bridgehead atoms. The summed E-state index contributed by atoms with van der Waals surface area (Å²) >= 11 is 0. The number of azide groups is 1. The molecule has 3 N–H and O–H groups in total. The molecule has 67 heavy (non-hydrogen) atoms. The summed E-state index contributed by atoms with van der Waals surface area (Å²) in [6, 6.07) is -0.181. The first kappa shape index (κ1) is 197. The first-order valence-corrected chi connectivity index (χ1v) is 20.6. The van der Waals surface area contributed by atoms with Crippen molar-refractivity contribution < 1.29 is 180 Å². The average Bonchev–Trinajstić information content (AvgIpc) is 3.05. The van der Waals surface area contributed by atoms with Crippen molar-refractivity contribution in [1.29, 1.82) is 0 Å². The number of rotatable bonds is 10. The van der Waals surface area contributed by atoms with Crippen LogP contribution in [0.3, 0.4) is 0 Å². The van der Waals surface area contributed by atoms with Gasteiger partial charge in [0.2, 0.25) is 9.05 Å². The van der Waals surface area contributed by atoms with Crippen LogP contribution in [-0.2, 0) is 23.4 Å². The smallest absolute Gasteiger partial charge is 0.428 e. The van der Waals surface area contributed by atoms with Gasteiger partial charge < -0.3 is 86.4 Å². The second-order valence-corrected chi connectivity index (χ2v) is 11.9. The van der Waals surface area contributed by atoms with E-state index in [-0.39, 0.29) is 263 Å². The molecule has 0 amide bonds. The van der Waals surface area contributed by atoms with Gasteiger partial charge in [-0.05, 0) is 30.1 Å². The SMILES string of the molecule is C.C.C.C.C.C.C.C.C.C.C.C.C.CC.CC.CC.CC.CCN(CC)CC.CS(=O)(=O)Cl.[CH2-]CC([CH2-])N.[CH2-]CC([CH2-])N=[N+]=[N-].[CH2-]CC([CH2-])O.[CH2-]CC([CH2-])OS(C)(=O)=O.[N-]=[N+]=[N-].[Na+].[U+2].[U+2].[U+2].[U+2]. The van der Waals surface area contributed by atoms with Crippen molar-refractivity contribution in [2.24, 2.45) is 10.8 Å². The third kappa shape index (κ3) is 481. The molecule has 0 heterocycles. The normalized spacial score (nSPS) is 8.01. The molecule has 0 spiro atoms. The van der Waals surface area contributed by atoms with Gasteiger partial charge in [-0.15, -0.1) is 11.2 Å². The van der Waals surface area contributed by atoms with Gasteiger partial charge in [-0.1, -0.05) is 185 Å². The van der Waals surface area contributed by atoms with E-state index in [1.165, 1.54) is 24.5 Å². The van der Waals surface area contributed by atoms with E-state index in [0.29, 0.717) is 19.3 Å². The van der Waals surface area contributed by atoms with Gasteiger partial charge in [0.15, 0.2) is 0 Å². The largest absolute Gasteiger partial charge is 2.00 e. The van der Waals surface area contributed by atoms with Crippen LogP contribution < -0.4 is 35.3 Å². The number of nitrogens with two attached hydrogens (primary N) is 1. The minimum Gasteiger partial charge on any atom is -0.428 e. The van der Waals surface area contributed by atoms with Gasteiger partial charge >= 0.3 is 154 Å². The Morgan fingerprint density at radius 2 is 0.776 bits per heavy atom. The Morgan fingerprint density at radius 3 is 0.806 bits per heavy atom. The molecular formula is C45H128ClN8NaO6S2U4. The number of aliphatic hydroxyl groups excluding tert-OH is 1. The van der Waals surface area contributed by atoms with Gasteiger partial charge in [-0.25, -0.2) is 14.8 Å². The van der Waals surface area contributed by atoms with Crippen molar-refractivity contribution in [3.8, 4) is 0 Å². The molecule has 0 fully saturated rings. The Hall–Kier alpha value is 3.86. The van der Waals surface area contributed by atoms with Crippen molar-refractivity contribution in [2.75, 3.05) is 32.1 Å². The summed E-state index contributed by atoms with van der Waals surface area (Å²) in [7, 11) is -2.03. The van der Waals surface area contributed by atoms with Crippen LogP contribution in [0.1, 0.15) is 198 Å². The van der Waals surface area contributed by atoms with E-state index < -0.39 is 31.4 Å². The van der Waals surface area contributed by atoms with Crippen LogP contribution in [0.2, 0.25) is 0 Å². The van der Waals surface area contributed by atoms with E-state index >= 15 is 0 Å². The van der Waals surface area contributed by atoms with Gasteiger partial charge in [0.1, 0.15) is 0 Å². The van der Waals surface area contributed by atoms with Crippen LogP contribution >= 0.6 is 10.7 Å². The minimum atomic E-state index is -3.34. The fraction of sp³-hybridized carbons (Fsp3) is 0.822. The molecule has 0 aromatic heterocycles. The standard InChI is InChI=1S/C6H15N.C5H10O3S.C4H7N3.C4H9N.C4H8O.4C2H6.CH3ClO2S.13CH4.N3.Na.4U/c1-4-7(5-2)6-3;1-4-5(2)8-9(3,6)7;1-3-4(2)6-7-5;2*1-3-4(2)5;4*1-2;1-5(2,3)4;;;;;;;;;;;;;;1-3-2;;;;;/h4-6H2,1-3H3;5H,1-2,4H2,3H3;4H,1-3H2;4H,1-3,5H2;4-5H,1-3H2;4*1-2H3;1H3;13*1H4;;;;;;/q;4*-2;;;;;;;;;;;;;;;;;;;-1;+1;4*+2. The fourth-order valence-electron chi connectivity index (χ4n) is 1.10. The average molecular weight is 1950 g/mol. The van der Waals surface area contributed by atoms with Gasteiger partial charge in [0.05, 0.1) is 12.5 Å². The zero-order chi connectivity index (χ0) is 42.7. The second-order valence-electron chi connectivity index (χ2n) is 7.24. The first-order chi connectivity index (χ1) is 22.6. The van der Waals surface area contributed by atoms with Crippen molar-refractivity contribution in [1.82, 2.24) is 4.90 Å². The molecule has 0 aliphatic carbocycles. The summed E-state index contributed by atoms with van der Waals surface area (Å²) in [5.74, 6) is 0. The maximum absolute atomic E-state index is 10.3. The predicted octanol–water partition coefficient (Wildman–Crippen LogP) is 14.7. The quantitative estimate of drug-likeness (QED) is 0.0405.